The predicted octanol–water partition coefficient (Wildman–Crippen LogP) is 2.56. The van der Waals surface area contributed by atoms with Crippen LogP contribution in [-0.2, 0) is 4.74 Å². The van der Waals surface area contributed by atoms with Crippen LogP contribution in [0.5, 0.6) is 0 Å². The molecular formula is C13H15ClN2O5. The maximum Gasteiger partial charge on any atom is 0.338 e. The molecule has 1 aliphatic rings. The zero-order valence-electron chi connectivity index (χ0n) is 11.6. The van der Waals surface area contributed by atoms with Gasteiger partial charge in [0.1, 0.15) is 0 Å². The highest BCUT2D eigenvalue weighted by Crippen LogP contribution is 2.35. The number of hydrogen-bond acceptors (Lipinski definition) is 5. The highest BCUT2D eigenvalue weighted by molar-refractivity contribution is 6.34. The number of rotatable bonds is 3. The first-order valence-corrected chi connectivity index (χ1v) is 6.79. The summed E-state index contributed by atoms with van der Waals surface area (Å²) in [5.41, 5.74) is -0.206. The van der Waals surface area contributed by atoms with E-state index in [1.807, 2.05) is 13.8 Å². The molecule has 1 aliphatic heterocycles. The molecule has 21 heavy (non-hydrogen) atoms. The van der Waals surface area contributed by atoms with Crippen molar-refractivity contribution in [3.63, 3.8) is 0 Å². The van der Waals surface area contributed by atoms with Gasteiger partial charge in [-0.15, -0.1) is 0 Å². The predicted molar refractivity (Wildman–Crippen MR) is 77.3 cm³/mol. The van der Waals surface area contributed by atoms with Gasteiger partial charge in [-0.3, -0.25) is 10.1 Å². The Kier molecular flexibility index (Phi) is 4.34. The number of carboxylic acids is 1. The molecule has 8 heteroatoms. The van der Waals surface area contributed by atoms with Crippen LogP contribution in [0.1, 0.15) is 24.2 Å². The first-order valence-electron chi connectivity index (χ1n) is 6.41. The maximum atomic E-state index is 11.4. The molecule has 0 aliphatic carbocycles. The molecular weight excluding hydrogens is 300 g/mol. The number of non-ortho nitro benzene ring substituents is 1. The van der Waals surface area contributed by atoms with Gasteiger partial charge in [0.2, 0.25) is 0 Å². The van der Waals surface area contributed by atoms with Gasteiger partial charge in [0.05, 0.1) is 33.4 Å². The molecule has 0 saturated carbocycles. The third kappa shape index (κ3) is 3.25. The van der Waals surface area contributed by atoms with Crippen molar-refractivity contribution in [2.24, 2.45) is 0 Å². The fraction of sp³-hybridized carbons (Fsp3) is 0.462. The van der Waals surface area contributed by atoms with E-state index in [9.17, 15) is 20.0 Å². The zero-order chi connectivity index (χ0) is 15.7. The van der Waals surface area contributed by atoms with Gasteiger partial charge in [0, 0.05) is 25.2 Å². The van der Waals surface area contributed by atoms with Crippen LogP contribution in [0.2, 0.25) is 5.02 Å². The normalized spacial score (nSPS) is 22.1. The molecule has 7 nitrogen and oxygen atoms in total. The zero-order valence-corrected chi connectivity index (χ0v) is 12.3. The number of ether oxygens (including phenoxy) is 1. The Morgan fingerprint density at radius 2 is 2.00 bits per heavy atom. The van der Waals surface area contributed by atoms with E-state index in [2.05, 4.69) is 0 Å². The SMILES string of the molecule is C[C@@H]1CN(c2c(Cl)cc([N+](=O)[O-])cc2C(=O)O)C[C@H](C)O1. The molecule has 0 bridgehead atoms. The summed E-state index contributed by atoms with van der Waals surface area (Å²) >= 11 is 6.10. The van der Waals surface area contributed by atoms with E-state index in [1.54, 1.807) is 4.90 Å². The lowest BCUT2D eigenvalue weighted by molar-refractivity contribution is -0.384. The molecule has 0 unspecified atom stereocenters. The average molecular weight is 315 g/mol. The van der Waals surface area contributed by atoms with Crippen LogP contribution >= 0.6 is 11.6 Å². The monoisotopic (exact) mass is 314 g/mol. The van der Waals surface area contributed by atoms with Crippen molar-refractivity contribution in [2.45, 2.75) is 26.1 Å². The van der Waals surface area contributed by atoms with Crippen molar-refractivity contribution >= 4 is 28.9 Å². The number of aromatic carboxylic acids is 1. The van der Waals surface area contributed by atoms with Gasteiger partial charge in [0.15, 0.2) is 0 Å². The highest BCUT2D eigenvalue weighted by Gasteiger charge is 2.29. The van der Waals surface area contributed by atoms with E-state index < -0.39 is 10.9 Å². The lowest BCUT2D eigenvalue weighted by Gasteiger charge is -2.37. The fourth-order valence-corrected chi connectivity index (χ4v) is 2.87. The molecule has 1 fully saturated rings. The van der Waals surface area contributed by atoms with Crippen LogP contribution in [0.25, 0.3) is 0 Å². The maximum absolute atomic E-state index is 11.4. The number of carboxylic acid groups (broad SMARTS) is 1. The molecule has 1 aromatic rings. The van der Waals surface area contributed by atoms with Crippen molar-refractivity contribution in [1.82, 2.24) is 0 Å². The Morgan fingerprint density at radius 1 is 1.43 bits per heavy atom. The summed E-state index contributed by atoms with van der Waals surface area (Å²) in [5, 5.41) is 20.2. The van der Waals surface area contributed by atoms with Crippen molar-refractivity contribution in [1.29, 1.82) is 0 Å². The Balaban J connectivity index is 2.51. The van der Waals surface area contributed by atoms with Crippen molar-refractivity contribution in [3.8, 4) is 0 Å². The topological polar surface area (TPSA) is 92.9 Å². The van der Waals surface area contributed by atoms with Crippen LogP contribution < -0.4 is 4.90 Å². The molecule has 1 aromatic carbocycles. The van der Waals surface area contributed by atoms with E-state index in [4.69, 9.17) is 16.3 Å². The van der Waals surface area contributed by atoms with E-state index in [1.165, 1.54) is 6.07 Å². The highest BCUT2D eigenvalue weighted by atomic mass is 35.5. The number of morpholine rings is 1. The number of halogens is 1. The fourth-order valence-electron chi connectivity index (χ4n) is 2.54. The van der Waals surface area contributed by atoms with Gasteiger partial charge in [-0.05, 0) is 13.8 Å². The van der Waals surface area contributed by atoms with E-state index in [0.717, 1.165) is 6.07 Å². The van der Waals surface area contributed by atoms with E-state index in [-0.39, 0.29) is 28.5 Å². The summed E-state index contributed by atoms with van der Waals surface area (Å²) in [6, 6.07) is 2.21. The molecule has 2 rings (SSSR count). The second kappa shape index (κ2) is 5.87. The smallest absolute Gasteiger partial charge is 0.338 e. The number of nitro groups is 1. The third-order valence-electron chi connectivity index (χ3n) is 3.23. The van der Waals surface area contributed by atoms with Crippen LogP contribution in [0.3, 0.4) is 0 Å². The van der Waals surface area contributed by atoms with Crippen LogP contribution in [0.4, 0.5) is 11.4 Å². The molecule has 114 valence electrons. The largest absolute Gasteiger partial charge is 0.478 e. The number of carbonyl (C=O) groups is 1. The minimum absolute atomic E-state index is 0.0582. The Morgan fingerprint density at radius 3 is 2.48 bits per heavy atom. The molecule has 0 spiro atoms. The lowest BCUT2D eigenvalue weighted by atomic mass is 10.1. The Labute approximate surface area is 126 Å². The molecule has 0 aromatic heterocycles. The van der Waals surface area contributed by atoms with Crippen LogP contribution in [0, 0.1) is 10.1 Å². The third-order valence-corrected chi connectivity index (χ3v) is 3.51. The van der Waals surface area contributed by atoms with E-state index >= 15 is 0 Å². The molecule has 2 atom stereocenters. The van der Waals surface area contributed by atoms with Gasteiger partial charge in [0.25, 0.3) is 5.69 Å². The lowest BCUT2D eigenvalue weighted by Crippen LogP contribution is -2.46. The van der Waals surface area contributed by atoms with Crippen LogP contribution in [0.15, 0.2) is 12.1 Å². The quantitative estimate of drug-likeness (QED) is 0.681. The van der Waals surface area contributed by atoms with E-state index in [0.29, 0.717) is 18.8 Å². The summed E-state index contributed by atoms with van der Waals surface area (Å²) in [7, 11) is 0. The summed E-state index contributed by atoms with van der Waals surface area (Å²) in [6.07, 6.45) is -0.164. The standard InChI is InChI=1S/C13H15ClN2O5/c1-7-5-15(6-8(2)21-7)12-10(13(17)18)3-9(16(19)20)4-11(12)14/h3-4,7-8H,5-6H2,1-2H3,(H,17,18)/t7-,8+. The number of anilines is 1. The summed E-state index contributed by atoms with van der Waals surface area (Å²) in [5.74, 6) is -1.25. The second-order valence-corrected chi connectivity index (χ2v) is 5.46. The van der Waals surface area contributed by atoms with Crippen molar-refractivity contribution in [3.05, 3.63) is 32.8 Å². The van der Waals surface area contributed by atoms with Gasteiger partial charge in [-0.25, -0.2) is 4.79 Å². The summed E-state index contributed by atoms with van der Waals surface area (Å²) in [6.45, 7) is 4.70. The minimum Gasteiger partial charge on any atom is -0.478 e. The van der Waals surface area contributed by atoms with Crippen LogP contribution in [-0.4, -0.2) is 41.3 Å². The van der Waals surface area contributed by atoms with Crippen molar-refractivity contribution < 1.29 is 19.6 Å². The summed E-state index contributed by atoms with van der Waals surface area (Å²) in [4.78, 5) is 23.4. The second-order valence-electron chi connectivity index (χ2n) is 5.05. The van der Waals surface area contributed by atoms with Gasteiger partial charge in [-0.2, -0.15) is 0 Å². The number of nitrogens with zero attached hydrogens (tertiary/aromatic N) is 2. The minimum atomic E-state index is -1.25. The van der Waals surface area contributed by atoms with Gasteiger partial charge < -0.3 is 14.7 Å². The molecule has 1 heterocycles. The Bertz CT molecular complexity index is 582. The van der Waals surface area contributed by atoms with Gasteiger partial charge in [-0.1, -0.05) is 11.6 Å². The molecule has 1 N–H and O–H groups in total. The van der Waals surface area contributed by atoms with Crippen molar-refractivity contribution in [2.75, 3.05) is 18.0 Å². The molecule has 0 radical (unpaired) electrons. The number of hydrogen-bond donors (Lipinski definition) is 1. The Hall–Kier alpha value is -1.86. The average Bonchev–Trinajstić information content (AvgIpc) is 2.36. The first-order chi connectivity index (χ1) is 9.79. The number of benzene rings is 1. The number of nitro benzene ring substituents is 1. The molecule has 1 saturated heterocycles. The molecule has 0 amide bonds. The first kappa shape index (κ1) is 15.5. The van der Waals surface area contributed by atoms with Gasteiger partial charge >= 0.3 is 5.97 Å². The summed E-state index contributed by atoms with van der Waals surface area (Å²) < 4.78 is 5.60.